The predicted octanol–water partition coefficient (Wildman–Crippen LogP) is 1.18. The molecule has 3 N–H and O–H groups in total. The van der Waals surface area contributed by atoms with E-state index in [0.717, 1.165) is 5.69 Å². The molecule has 0 aliphatic heterocycles. The largest absolute Gasteiger partial charge is 0.393 e. The summed E-state index contributed by atoms with van der Waals surface area (Å²) in [7, 11) is 0. The molecule has 0 bridgehead atoms. The molecule has 16 heavy (non-hydrogen) atoms. The summed E-state index contributed by atoms with van der Waals surface area (Å²) in [4.78, 5) is 16.2. The third-order valence-electron chi connectivity index (χ3n) is 2.04. The molecule has 5 heteroatoms. The maximum atomic E-state index is 11.8. The molecule has 1 heterocycles. The summed E-state index contributed by atoms with van der Waals surface area (Å²) in [5.74, 6) is -0.130. The lowest BCUT2D eigenvalue weighted by molar-refractivity contribution is 0.0941. The highest BCUT2D eigenvalue weighted by Gasteiger charge is 2.10. The van der Waals surface area contributed by atoms with E-state index in [2.05, 4.69) is 10.3 Å². The normalized spacial score (nSPS) is 11.9. The Labute approximate surface area is 100 Å². The van der Waals surface area contributed by atoms with Gasteiger partial charge in [-0.3, -0.25) is 9.78 Å². The second-order valence-corrected chi connectivity index (χ2v) is 4.26. The maximum absolute atomic E-state index is 11.8. The molecule has 0 spiro atoms. The van der Waals surface area contributed by atoms with E-state index in [4.69, 9.17) is 18.0 Å². The molecule has 0 fully saturated rings. The highest BCUT2D eigenvalue weighted by molar-refractivity contribution is 7.80. The van der Waals surface area contributed by atoms with Crippen molar-refractivity contribution in [3.05, 3.63) is 29.6 Å². The maximum Gasteiger partial charge on any atom is 0.251 e. The van der Waals surface area contributed by atoms with Crippen LogP contribution in [0.5, 0.6) is 0 Å². The molecule has 1 rings (SSSR count). The van der Waals surface area contributed by atoms with Crippen molar-refractivity contribution in [2.45, 2.75) is 26.3 Å². The van der Waals surface area contributed by atoms with Crippen LogP contribution in [0.1, 0.15) is 29.4 Å². The van der Waals surface area contributed by atoms with Crippen LogP contribution in [0.4, 0.5) is 0 Å². The van der Waals surface area contributed by atoms with Crippen molar-refractivity contribution in [3.8, 4) is 0 Å². The number of carbonyl (C=O) groups is 1. The quantitative estimate of drug-likeness (QED) is 0.772. The number of nitrogens with two attached hydrogens (primary N) is 1. The monoisotopic (exact) mass is 237 g/mol. The Hall–Kier alpha value is -1.49. The van der Waals surface area contributed by atoms with Gasteiger partial charge in [0.1, 0.15) is 0 Å². The summed E-state index contributed by atoms with van der Waals surface area (Å²) in [5, 5.41) is 2.82. The SMILES string of the molecule is Cc1cc(C(=O)NC(C)CC(N)=S)ccn1. The fourth-order valence-electron chi connectivity index (χ4n) is 1.35. The summed E-state index contributed by atoms with van der Waals surface area (Å²) in [5.41, 5.74) is 6.82. The van der Waals surface area contributed by atoms with Crippen LogP contribution in [0.3, 0.4) is 0 Å². The van der Waals surface area contributed by atoms with Crippen molar-refractivity contribution in [3.63, 3.8) is 0 Å². The minimum absolute atomic E-state index is 0.0570. The Kier molecular flexibility index (Phi) is 4.37. The first-order valence-corrected chi connectivity index (χ1v) is 5.41. The third-order valence-corrected chi connectivity index (χ3v) is 2.21. The van der Waals surface area contributed by atoms with Gasteiger partial charge in [-0.05, 0) is 26.0 Å². The van der Waals surface area contributed by atoms with Crippen LogP contribution in [0.25, 0.3) is 0 Å². The summed E-state index contributed by atoms with van der Waals surface area (Å²) in [6.45, 7) is 3.71. The third kappa shape index (κ3) is 3.94. The van der Waals surface area contributed by atoms with Gasteiger partial charge >= 0.3 is 0 Å². The average molecular weight is 237 g/mol. The minimum Gasteiger partial charge on any atom is -0.393 e. The van der Waals surface area contributed by atoms with Gasteiger partial charge in [0.25, 0.3) is 5.91 Å². The molecule has 0 saturated carbocycles. The van der Waals surface area contributed by atoms with Crippen molar-refractivity contribution in [1.29, 1.82) is 0 Å². The fraction of sp³-hybridized carbons (Fsp3) is 0.364. The summed E-state index contributed by atoms with van der Waals surface area (Å²) in [6.07, 6.45) is 2.12. The number of thiocarbonyl (C=S) groups is 1. The Balaban J connectivity index is 2.62. The van der Waals surface area contributed by atoms with Gasteiger partial charge in [-0.1, -0.05) is 12.2 Å². The highest BCUT2D eigenvalue weighted by Crippen LogP contribution is 2.02. The Morgan fingerprint density at radius 1 is 1.69 bits per heavy atom. The Bertz CT molecular complexity index is 406. The highest BCUT2D eigenvalue weighted by atomic mass is 32.1. The van der Waals surface area contributed by atoms with Crippen LogP contribution in [-0.4, -0.2) is 21.9 Å². The number of carbonyl (C=O) groups excluding carboxylic acids is 1. The molecule has 0 aliphatic carbocycles. The predicted molar refractivity (Wildman–Crippen MR) is 67.3 cm³/mol. The number of aryl methyl sites for hydroxylation is 1. The van der Waals surface area contributed by atoms with Crippen molar-refractivity contribution in [1.82, 2.24) is 10.3 Å². The van der Waals surface area contributed by atoms with Crippen LogP contribution in [0.2, 0.25) is 0 Å². The lowest BCUT2D eigenvalue weighted by Crippen LogP contribution is -2.35. The van der Waals surface area contributed by atoms with Gasteiger partial charge in [0.05, 0.1) is 4.99 Å². The number of rotatable bonds is 4. The van der Waals surface area contributed by atoms with Crippen molar-refractivity contribution in [2.24, 2.45) is 5.73 Å². The standard InChI is InChI=1S/C11H15N3OS/c1-7-5-9(3-4-13-7)11(15)14-8(2)6-10(12)16/h3-5,8H,6H2,1-2H3,(H2,12,16)(H,14,15). The van der Waals surface area contributed by atoms with E-state index < -0.39 is 0 Å². The van der Waals surface area contributed by atoms with Gasteiger partial charge in [-0.15, -0.1) is 0 Å². The van der Waals surface area contributed by atoms with E-state index in [1.165, 1.54) is 0 Å². The first-order valence-electron chi connectivity index (χ1n) is 5.01. The van der Waals surface area contributed by atoms with Gasteiger partial charge in [0.2, 0.25) is 0 Å². The van der Waals surface area contributed by atoms with Crippen molar-refractivity contribution in [2.75, 3.05) is 0 Å². The van der Waals surface area contributed by atoms with E-state index in [9.17, 15) is 4.79 Å². The first kappa shape index (κ1) is 12.6. The lowest BCUT2D eigenvalue weighted by atomic mass is 10.2. The number of aromatic nitrogens is 1. The van der Waals surface area contributed by atoms with Crippen LogP contribution in [0.15, 0.2) is 18.3 Å². The van der Waals surface area contributed by atoms with E-state index >= 15 is 0 Å². The molecule has 1 amide bonds. The van der Waals surface area contributed by atoms with Crippen LogP contribution in [0, 0.1) is 6.92 Å². The van der Waals surface area contributed by atoms with Gasteiger partial charge in [-0.2, -0.15) is 0 Å². The van der Waals surface area contributed by atoms with E-state index in [-0.39, 0.29) is 11.9 Å². The second kappa shape index (κ2) is 5.55. The van der Waals surface area contributed by atoms with Crippen LogP contribution < -0.4 is 11.1 Å². The molecule has 4 nitrogen and oxygen atoms in total. The fourth-order valence-corrected chi connectivity index (χ4v) is 1.60. The van der Waals surface area contributed by atoms with Crippen molar-refractivity contribution < 1.29 is 4.79 Å². The number of pyridine rings is 1. The molecular weight excluding hydrogens is 222 g/mol. The van der Waals surface area contributed by atoms with Gasteiger partial charge in [-0.25, -0.2) is 0 Å². The van der Waals surface area contributed by atoms with Crippen LogP contribution >= 0.6 is 12.2 Å². The van der Waals surface area contributed by atoms with Gasteiger partial charge < -0.3 is 11.1 Å². The molecule has 86 valence electrons. The average Bonchev–Trinajstić information content (AvgIpc) is 2.16. The summed E-state index contributed by atoms with van der Waals surface area (Å²) >= 11 is 4.78. The molecular formula is C11H15N3OS. The summed E-state index contributed by atoms with van der Waals surface area (Å²) < 4.78 is 0. The zero-order valence-electron chi connectivity index (χ0n) is 9.36. The van der Waals surface area contributed by atoms with E-state index in [0.29, 0.717) is 17.0 Å². The number of hydrogen-bond acceptors (Lipinski definition) is 3. The molecule has 1 aromatic rings. The van der Waals surface area contributed by atoms with Crippen molar-refractivity contribution >= 4 is 23.1 Å². The molecule has 0 aliphatic rings. The molecule has 0 radical (unpaired) electrons. The molecule has 1 unspecified atom stereocenters. The van der Waals surface area contributed by atoms with E-state index in [1.54, 1.807) is 18.3 Å². The number of hydrogen-bond donors (Lipinski definition) is 2. The number of nitrogens with one attached hydrogen (secondary N) is 1. The van der Waals surface area contributed by atoms with E-state index in [1.807, 2.05) is 13.8 Å². The number of nitrogens with zero attached hydrogens (tertiary/aromatic N) is 1. The zero-order valence-corrected chi connectivity index (χ0v) is 10.2. The minimum atomic E-state index is -0.130. The smallest absolute Gasteiger partial charge is 0.251 e. The topological polar surface area (TPSA) is 68.0 Å². The van der Waals surface area contributed by atoms with Gasteiger partial charge in [0, 0.05) is 29.9 Å². The summed E-state index contributed by atoms with van der Waals surface area (Å²) in [6, 6.07) is 3.36. The molecule has 0 saturated heterocycles. The lowest BCUT2D eigenvalue weighted by Gasteiger charge is -2.12. The number of amides is 1. The second-order valence-electron chi connectivity index (χ2n) is 3.73. The van der Waals surface area contributed by atoms with Gasteiger partial charge in [0.15, 0.2) is 0 Å². The molecule has 0 aromatic carbocycles. The first-order chi connectivity index (χ1) is 7.49. The zero-order chi connectivity index (χ0) is 12.1. The Morgan fingerprint density at radius 2 is 2.38 bits per heavy atom. The Morgan fingerprint density at radius 3 is 2.94 bits per heavy atom. The van der Waals surface area contributed by atoms with Crippen LogP contribution in [-0.2, 0) is 0 Å². The molecule has 1 atom stereocenters. The molecule has 1 aromatic heterocycles.